The normalized spacial score (nSPS) is 21.4. The number of hydrogen-bond acceptors (Lipinski definition) is 9. The van der Waals surface area contributed by atoms with Crippen molar-refractivity contribution >= 4 is 40.7 Å². The highest BCUT2D eigenvalue weighted by atomic mass is 35.5. The Morgan fingerprint density at radius 1 is 1.15 bits per heavy atom. The van der Waals surface area contributed by atoms with E-state index in [4.69, 9.17) is 16.3 Å². The molecular weight excluding hydrogens is 595 g/mol. The third kappa shape index (κ3) is 7.04. The summed E-state index contributed by atoms with van der Waals surface area (Å²) in [4.78, 5) is 34.9. The smallest absolute Gasteiger partial charge is 0.401 e. The monoisotopic (exact) mass is 620 g/mol. The zero-order valence-corrected chi connectivity index (χ0v) is 23.5. The minimum atomic E-state index is -4.52. The summed E-state index contributed by atoms with van der Waals surface area (Å²) in [6.07, 6.45) is -1.74. The molecule has 1 atom stereocenters. The van der Waals surface area contributed by atoms with Gasteiger partial charge in [0.05, 0.1) is 37.9 Å². The molecule has 4 rings (SSSR count). The number of nitrogens with one attached hydrogen (secondary N) is 1. The van der Waals surface area contributed by atoms with Crippen molar-refractivity contribution in [3.8, 4) is 0 Å². The number of carbonyl (C=O) groups excluding carboxylic acids is 2. The number of allylic oxidation sites excluding steroid dienone is 1. The molecule has 1 saturated carbocycles. The van der Waals surface area contributed by atoms with Gasteiger partial charge in [-0.15, -0.1) is 11.3 Å². The van der Waals surface area contributed by atoms with Crippen LogP contribution in [0.4, 0.5) is 22.0 Å². The number of esters is 2. The first-order valence-electron chi connectivity index (χ1n) is 12.5. The van der Waals surface area contributed by atoms with Crippen molar-refractivity contribution < 1.29 is 41.0 Å². The second kappa shape index (κ2) is 12.8. The zero-order chi connectivity index (χ0) is 29.9. The van der Waals surface area contributed by atoms with Gasteiger partial charge in [0.15, 0.2) is 22.5 Å². The van der Waals surface area contributed by atoms with Crippen molar-refractivity contribution in [1.29, 1.82) is 0 Å². The molecule has 0 spiro atoms. The minimum absolute atomic E-state index is 0.0193. The average molecular weight is 621 g/mol. The summed E-state index contributed by atoms with van der Waals surface area (Å²) >= 11 is 7.43. The summed E-state index contributed by atoms with van der Waals surface area (Å²) in [6.45, 7) is -1.79. The van der Waals surface area contributed by atoms with Crippen molar-refractivity contribution in [3.63, 3.8) is 0 Å². The number of nitrogens with zero attached hydrogens (tertiary/aromatic N) is 3. The number of aliphatic imine (C=N–C) groups is 1. The maximum Gasteiger partial charge on any atom is 0.401 e. The van der Waals surface area contributed by atoms with E-state index < -0.39 is 59.9 Å². The van der Waals surface area contributed by atoms with Crippen LogP contribution in [0.3, 0.4) is 0 Å². The van der Waals surface area contributed by atoms with E-state index in [-0.39, 0.29) is 35.7 Å². The molecule has 2 heterocycles. The van der Waals surface area contributed by atoms with Gasteiger partial charge in [0.1, 0.15) is 6.04 Å². The molecule has 2 aliphatic rings. The molecule has 1 unspecified atom stereocenters. The number of halogens is 6. The van der Waals surface area contributed by atoms with Crippen molar-refractivity contribution in [1.82, 2.24) is 15.2 Å². The molecule has 1 N–H and O–H groups in total. The molecule has 0 bridgehead atoms. The largest absolute Gasteiger partial charge is 0.468 e. The summed E-state index contributed by atoms with van der Waals surface area (Å²) < 4.78 is 77.9. The molecule has 1 aromatic heterocycles. The highest BCUT2D eigenvalue weighted by Gasteiger charge is 2.40. The Labute approximate surface area is 241 Å². The standard InChI is InChI=1S/C26H26ClF5N4O4S/c1-39-17(37)11-36(12-26(30,31)32)14-5-3-13(4-6-14)21-18(25(38)40-2)22(15-7-8-16(28)20(29)19(15)27)35-23(34-21)24-33-9-10-41-24/h7-10,13-14,22H,3-6,11-12H2,1-2H3,(H,34,35). The number of methoxy groups -OCH3 is 2. The van der Waals surface area contributed by atoms with E-state index in [2.05, 4.69) is 20.0 Å². The topological polar surface area (TPSA) is 93.1 Å². The molecule has 8 nitrogen and oxygen atoms in total. The summed E-state index contributed by atoms with van der Waals surface area (Å²) in [7, 11) is 2.27. The highest BCUT2D eigenvalue weighted by Crippen LogP contribution is 2.42. The van der Waals surface area contributed by atoms with E-state index in [1.165, 1.54) is 17.4 Å². The number of amidine groups is 1. The Kier molecular flexibility index (Phi) is 9.65. The Balaban J connectivity index is 1.71. The van der Waals surface area contributed by atoms with Crippen LogP contribution in [0.25, 0.3) is 0 Å². The van der Waals surface area contributed by atoms with Crippen LogP contribution in [-0.2, 0) is 19.1 Å². The van der Waals surface area contributed by atoms with Crippen molar-refractivity contribution in [2.45, 2.75) is 43.9 Å². The maximum absolute atomic E-state index is 14.5. The van der Waals surface area contributed by atoms with Crippen LogP contribution in [0.15, 0.2) is 40.0 Å². The summed E-state index contributed by atoms with van der Waals surface area (Å²) in [5.41, 5.74) is 0.435. The van der Waals surface area contributed by atoms with Gasteiger partial charge in [0, 0.05) is 28.9 Å². The van der Waals surface area contributed by atoms with Gasteiger partial charge < -0.3 is 14.8 Å². The fourth-order valence-corrected chi connectivity index (χ4v) is 6.00. The van der Waals surface area contributed by atoms with Crippen LogP contribution in [0, 0.1) is 17.6 Å². The van der Waals surface area contributed by atoms with Crippen LogP contribution in [-0.4, -0.2) is 67.2 Å². The number of carbonyl (C=O) groups is 2. The van der Waals surface area contributed by atoms with E-state index in [0.29, 0.717) is 23.5 Å². The molecule has 0 saturated heterocycles. The highest BCUT2D eigenvalue weighted by molar-refractivity contribution is 7.11. The van der Waals surface area contributed by atoms with Gasteiger partial charge in [-0.25, -0.2) is 18.6 Å². The molecular formula is C26H26ClF5N4O4S. The first-order valence-corrected chi connectivity index (χ1v) is 13.8. The molecule has 0 amide bonds. The van der Waals surface area contributed by atoms with Gasteiger partial charge in [-0.1, -0.05) is 17.7 Å². The number of alkyl halides is 3. The number of rotatable bonds is 8. The third-order valence-electron chi connectivity index (χ3n) is 7.04. The Bertz CT molecular complexity index is 1340. The number of hydrogen-bond donors (Lipinski definition) is 1. The van der Waals surface area contributed by atoms with Crippen LogP contribution < -0.4 is 5.32 Å². The van der Waals surface area contributed by atoms with E-state index in [9.17, 15) is 31.5 Å². The summed E-state index contributed by atoms with van der Waals surface area (Å²) in [5.74, 6) is -4.14. The molecule has 1 fully saturated rings. The molecule has 1 aliphatic carbocycles. The lowest BCUT2D eigenvalue weighted by Gasteiger charge is -2.39. The lowest BCUT2D eigenvalue weighted by Crippen LogP contribution is -2.47. The van der Waals surface area contributed by atoms with Crippen molar-refractivity contribution in [2.75, 3.05) is 27.3 Å². The third-order valence-corrected chi connectivity index (χ3v) is 8.20. The Hall–Kier alpha value is -3.10. The second-order valence-electron chi connectivity index (χ2n) is 9.53. The predicted octanol–water partition coefficient (Wildman–Crippen LogP) is 5.19. The van der Waals surface area contributed by atoms with Gasteiger partial charge in [0.2, 0.25) is 0 Å². The lowest BCUT2D eigenvalue weighted by molar-refractivity contribution is -0.161. The first kappa shape index (κ1) is 30.8. The fraction of sp³-hybridized carbons (Fsp3) is 0.462. The fourth-order valence-electron chi connectivity index (χ4n) is 5.15. The van der Waals surface area contributed by atoms with Gasteiger partial charge in [-0.3, -0.25) is 14.7 Å². The number of benzene rings is 1. The minimum Gasteiger partial charge on any atom is -0.468 e. The second-order valence-corrected chi connectivity index (χ2v) is 10.8. The number of aromatic nitrogens is 1. The lowest BCUT2D eigenvalue weighted by atomic mass is 9.80. The molecule has 1 aliphatic heterocycles. The number of ether oxygens (including phenoxy) is 2. The summed E-state index contributed by atoms with van der Waals surface area (Å²) in [5, 5.41) is 4.78. The molecule has 222 valence electrons. The van der Waals surface area contributed by atoms with E-state index in [1.54, 1.807) is 11.6 Å². The first-order chi connectivity index (χ1) is 19.4. The van der Waals surface area contributed by atoms with Gasteiger partial charge in [-0.05, 0) is 37.7 Å². The van der Waals surface area contributed by atoms with E-state index in [1.807, 2.05) is 0 Å². The van der Waals surface area contributed by atoms with Crippen LogP contribution >= 0.6 is 22.9 Å². The predicted molar refractivity (Wildman–Crippen MR) is 140 cm³/mol. The molecule has 1 aromatic carbocycles. The van der Waals surface area contributed by atoms with Crippen molar-refractivity contribution in [2.24, 2.45) is 10.9 Å². The quantitative estimate of drug-likeness (QED) is 0.247. The van der Waals surface area contributed by atoms with Crippen LogP contribution in [0.2, 0.25) is 5.02 Å². The van der Waals surface area contributed by atoms with Gasteiger partial charge in [0.25, 0.3) is 0 Å². The zero-order valence-electron chi connectivity index (χ0n) is 21.9. The van der Waals surface area contributed by atoms with Gasteiger partial charge >= 0.3 is 18.1 Å². The SMILES string of the molecule is COC(=O)CN(CC(F)(F)F)C1CCC(C2=C(C(=O)OC)C(c3ccc(F)c(F)c3Cl)N=C(c3nccs3)N2)CC1. The van der Waals surface area contributed by atoms with E-state index >= 15 is 0 Å². The molecule has 2 aromatic rings. The van der Waals surface area contributed by atoms with Crippen LogP contribution in [0.1, 0.15) is 42.3 Å². The molecule has 41 heavy (non-hydrogen) atoms. The van der Waals surface area contributed by atoms with Crippen LogP contribution in [0.5, 0.6) is 0 Å². The summed E-state index contributed by atoms with van der Waals surface area (Å²) in [6, 6.07) is 0.368. The van der Waals surface area contributed by atoms with Crippen molar-refractivity contribution in [3.05, 3.63) is 62.2 Å². The molecule has 0 radical (unpaired) electrons. The maximum atomic E-state index is 14.5. The number of thiazole rings is 1. The Morgan fingerprint density at radius 3 is 2.44 bits per heavy atom. The van der Waals surface area contributed by atoms with E-state index in [0.717, 1.165) is 25.2 Å². The Morgan fingerprint density at radius 2 is 1.85 bits per heavy atom. The molecule has 15 heteroatoms. The van der Waals surface area contributed by atoms with Gasteiger partial charge in [-0.2, -0.15) is 13.2 Å². The average Bonchev–Trinajstić information content (AvgIpc) is 3.49.